The Balaban J connectivity index is 1.97. The molecule has 1 atom stereocenters. The predicted octanol–water partition coefficient (Wildman–Crippen LogP) is 4.88. The lowest BCUT2D eigenvalue weighted by Crippen LogP contribution is -2.29. The standard InChI is InChI=1S/C25H24ClNO5/c1-5-31-19-11-16(17(26)12-18(19)30-4)21-20(25(29)32-6-2)13(3)27-23-14-9-7-8-10-15(14)24(28)22(21)23/h7-12,21,27H,5-6H2,1-4H3/t21-/m0/s1. The number of dihydropyridines is 1. The maximum atomic E-state index is 13.5. The van der Waals surface area contributed by atoms with Crippen molar-refractivity contribution in [2.24, 2.45) is 0 Å². The number of halogens is 1. The van der Waals surface area contributed by atoms with Crippen LogP contribution in [0.1, 0.15) is 48.2 Å². The Morgan fingerprint density at radius 1 is 1.09 bits per heavy atom. The van der Waals surface area contributed by atoms with Crippen LogP contribution in [0.4, 0.5) is 0 Å². The Morgan fingerprint density at radius 3 is 2.47 bits per heavy atom. The van der Waals surface area contributed by atoms with Crippen LogP contribution in [0, 0.1) is 0 Å². The van der Waals surface area contributed by atoms with E-state index in [1.165, 1.54) is 7.11 Å². The van der Waals surface area contributed by atoms with Crippen molar-refractivity contribution >= 4 is 29.1 Å². The normalized spacial score (nSPS) is 17.0. The van der Waals surface area contributed by atoms with Crippen LogP contribution >= 0.6 is 11.6 Å². The van der Waals surface area contributed by atoms with Crippen molar-refractivity contribution in [3.8, 4) is 11.5 Å². The van der Waals surface area contributed by atoms with Gasteiger partial charge < -0.3 is 19.5 Å². The average Bonchev–Trinajstić information content (AvgIpc) is 3.06. The van der Waals surface area contributed by atoms with Gasteiger partial charge in [-0.2, -0.15) is 0 Å². The number of ether oxygens (including phenoxy) is 3. The molecular weight excluding hydrogens is 430 g/mol. The largest absolute Gasteiger partial charge is 0.493 e. The third-order valence-electron chi connectivity index (χ3n) is 5.64. The summed E-state index contributed by atoms with van der Waals surface area (Å²) in [7, 11) is 1.53. The second kappa shape index (κ2) is 8.71. The van der Waals surface area contributed by atoms with Crippen molar-refractivity contribution in [1.82, 2.24) is 5.32 Å². The number of benzene rings is 2. The monoisotopic (exact) mass is 453 g/mol. The number of rotatable bonds is 6. The number of ketones is 1. The molecule has 7 heteroatoms. The molecule has 1 N–H and O–H groups in total. The molecule has 1 heterocycles. The van der Waals surface area contributed by atoms with Gasteiger partial charge >= 0.3 is 5.97 Å². The van der Waals surface area contributed by atoms with Gasteiger partial charge in [-0.15, -0.1) is 0 Å². The second-order valence-corrected chi connectivity index (χ2v) is 7.85. The smallest absolute Gasteiger partial charge is 0.336 e. The maximum absolute atomic E-state index is 13.5. The van der Waals surface area contributed by atoms with E-state index in [0.29, 0.717) is 56.8 Å². The summed E-state index contributed by atoms with van der Waals surface area (Å²) >= 11 is 6.69. The Morgan fingerprint density at radius 2 is 1.81 bits per heavy atom. The van der Waals surface area contributed by atoms with E-state index in [1.54, 1.807) is 32.0 Å². The van der Waals surface area contributed by atoms with E-state index in [2.05, 4.69) is 5.32 Å². The summed E-state index contributed by atoms with van der Waals surface area (Å²) in [6, 6.07) is 10.8. The number of allylic oxidation sites excluding steroid dienone is 2. The third kappa shape index (κ3) is 3.45. The number of esters is 1. The minimum Gasteiger partial charge on any atom is -0.493 e. The molecule has 0 fully saturated rings. The van der Waals surface area contributed by atoms with Gasteiger partial charge in [0.1, 0.15) is 0 Å². The van der Waals surface area contributed by atoms with Crippen molar-refractivity contribution in [1.29, 1.82) is 0 Å². The summed E-state index contributed by atoms with van der Waals surface area (Å²) in [6.45, 7) is 6.04. The van der Waals surface area contributed by atoms with Crippen LogP contribution in [0.15, 0.2) is 53.2 Å². The zero-order valence-electron chi connectivity index (χ0n) is 18.4. The van der Waals surface area contributed by atoms with E-state index in [0.717, 1.165) is 5.56 Å². The summed E-state index contributed by atoms with van der Waals surface area (Å²) in [4.78, 5) is 26.6. The van der Waals surface area contributed by atoms with Crippen molar-refractivity contribution < 1.29 is 23.8 Å². The first kappa shape index (κ1) is 22.0. The molecule has 0 radical (unpaired) electrons. The highest BCUT2D eigenvalue weighted by Gasteiger charge is 2.43. The van der Waals surface area contributed by atoms with Crippen LogP contribution in [0.2, 0.25) is 5.02 Å². The molecule has 0 spiro atoms. The second-order valence-electron chi connectivity index (χ2n) is 7.44. The first-order chi connectivity index (χ1) is 15.4. The summed E-state index contributed by atoms with van der Waals surface area (Å²) in [6.07, 6.45) is 0. The van der Waals surface area contributed by atoms with Crippen LogP contribution in [-0.4, -0.2) is 32.1 Å². The molecule has 2 aliphatic rings. The van der Waals surface area contributed by atoms with Gasteiger partial charge in [-0.1, -0.05) is 35.9 Å². The predicted molar refractivity (Wildman–Crippen MR) is 122 cm³/mol. The first-order valence-electron chi connectivity index (χ1n) is 10.5. The fourth-order valence-electron chi connectivity index (χ4n) is 4.32. The number of methoxy groups -OCH3 is 1. The van der Waals surface area contributed by atoms with Crippen molar-refractivity contribution in [3.05, 3.63) is 75.0 Å². The van der Waals surface area contributed by atoms with E-state index in [1.807, 2.05) is 25.1 Å². The Labute approximate surface area is 191 Å². The number of nitrogens with one attached hydrogen (secondary N) is 1. The van der Waals surface area contributed by atoms with E-state index in [9.17, 15) is 9.59 Å². The molecule has 0 amide bonds. The molecule has 1 aliphatic heterocycles. The van der Waals surface area contributed by atoms with Crippen molar-refractivity contribution in [2.75, 3.05) is 20.3 Å². The topological polar surface area (TPSA) is 73.9 Å². The fourth-order valence-corrected chi connectivity index (χ4v) is 4.58. The lowest BCUT2D eigenvalue weighted by Gasteiger charge is -2.30. The van der Waals surface area contributed by atoms with Gasteiger partial charge in [-0.05, 0) is 32.4 Å². The molecule has 1 aliphatic carbocycles. The van der Waals surface area contributed by atoms with Gasteiger partial charge in [-0.3, -0.25) is 4.79 Å². The van der Waals surface area contributed by atoms with Crippen molar-refractivity contribution in [3.63, 3.8) is 0 Å². The SMILES string of the molecule is CCOC(=O)C1=C(C)NC2=C(C(=O)c3ccccc32)[C@H]1c1cc(OCC)c(OC)cc1Cl. The van der Waals surface area contributed by atoms with Crippen LogP contribution in [0.5, 0.6) is 11.5 Å². The van der Waals surface area contributed by atoms with E-state index in [4.69, 9.17) is 25.8 Å². The van der Waals surface area contributed by atoms with Gasteiger partial charge in [0, 0.05) is 33.5 Å². The molecule has 0 saturated heterocycles. The number of carbonyl (C=O) groups is 2. The quantitative estimate of drug-likeness (QED) is 0.628. The van der Waals surface area contributed by atoms with Gasteiger partial charge in [0.05, 0.1) is 37.5 Å². The van der Waals surface area contributed by atoms with Crippen LogP contribution in [-0.2, 0) is 9.53 Å². The number of hydrogen-bond donors (Lipinski definition) is 1. The number of carbonyl (C=O) groups excluding carboxylic acids is 2. The zero-order chi connectivity index (χ0) is 23.0. The molecule has 2 aromatic carbocycles. The Bertz CT molecular complexity index is 1180. The maximum Gasteiger partial charge on any atom is 0.336 e. The molecule has 0 unspecified atom stereocenters. The number of Topliss-reactive ketones (excluding diaryl/α,β-unsaturated/α-hetero) is 1. The van der Waals surface area contributed by atoms with E-state index in [-0.39, 0.29) is 12.4 Å². The zero-order valence-corrected chi connectivity index (χ0v) is 19.1. The molecule has 0 aromatic heterocycles. The fraction of sp³-hybridized carbons (Fsp3) is 0.280. The minimum absolute atomic E-state index is 0.146. The summed E-state index contributed by atoms with van der Waals surface area (Å²) in [5, 5.41) is 3.64. The third-order valence-corrected chi connectivity index (χ3v) is 5.97. The van der Waals surface area contributed by atoms with Crippen LogP contribution in [0.3, 0.4) is 0 Å². The molecule has 32 heavy (non-hydrogen) atoms. The lowest BCUT2D eigenvalue weighted by atomic mass is 9.79. The Kier molecular flexibility index (Phi) is 5.98. The van der Waals surface area contributed by atoms with E-state index < -0.39 is 11.9 Å². The molecule has 6 nitrogen and oxygen atoms in total. The molecule has 4 rings (SSSR count). The molecule has 166 valence electrons. The first-order valence-corrected chi connectivity index (χ1v) is 10.8. The summed E-state index contributed by atoms with van der Waals surface area (Å²) in [5.74, 6) is -0.403. The highest BCUT2D eigenvalue weighted by Crippen LogP contribution is 2.49. The summed E-state index contributed by atoms with van der Waals surface area (Å²) < 4.78 is 16.5. The minimum atomic E-state index is -0.720. The molecule has 0 bridgehead atoms. The van der Waals surface area contributed by atoms with Crippen LogP contribution < -0.4 is 14.8 Å². The number of fused-ring (bicyclic) bond motifs is 2. The lowest BCUT2D eigenvalue weighted by molar-refractivity contribution is -0.138. The summed E-state index contributed by atoms with van der Waals surface area (Å²) in [5.41, 5.74) is 4.08. The average molecular weight is 454 g/mol. The molecule has 2 aromatic rings. The van der Waals surface area contributed by atoms with Crippen molar-refractivity contribution in [2.45, 2.75) is 26.7 Å². The highest BCUT2D eigenvalue weighted by molar-refractivity contribution is 6.32. The molecule has 0 saturated carbocycles. The Hall–Kier alpha value is -3.25. The van der Waals surface area contributed by atoms with Gasteiger partial charge in [0.25, 0.3) is 0 Å². The van der Waals surface area contributed by atoms with Gasteiger partial charge in [0.15, 0.2) is 17.3 Å². The highest BCUT2D eigenvalue weighted by atomic mass is 35.5. The van der Waals surface area contributed by atoms with Crippen LogP contribution in [0.25, 0.3) is 5.70 Å². The van der Waals surface area contributed by atoms with Gasteiger partial charge in [-0.25, -0.2) is 4.79 Å². The van der Waals surface area contributed by atoms with Gasteiger partial charge in [0.2, 0.25) is 0 Å². The van der Waals surface area contributed by atoms with E-state index >= 15 is 0 Å². The number of hydrogen-bond acceptors (Lipinski definition) is 6. The molecular formula is C25H24ClNO5.